The molecule has 0 amide bonds. The molecule has 3 nitrogen and oxygen atoms in total. The molecule has 7 heteroatoms. The summed E-state index contributed by atoms with van der Waals surface area (Å²) in [5, 5.41) is 0. The molecule has 1 aromatic rings. The number of carbonyl (C=O) groups excluding carboxylic acids is 2. The molecule has 0 spiro atoms. The molecule has 116 valence electrons. The third kappa shape index (κ3) is 5.08. The van der Waals surface area contributed by atoms with Gasteiger partial charge in [-0.05, 0) is 37.3 Å². The molecule has 1 rings (SSSR count). The van der Waals surface area contributed by atoms with Gasteiger partial charge in [0.25, 0.3) is 5.78 Å². The van der Waals surface area contributed by atoms with Crippen molar-refractivity contribution in [1.82, 2.24) is 0 Å². The SMILES string of the molecule is CCOC(=O)[C@H](Cc1ccc(SC)cc1)C(=O)C(F)(F)F. The Balaban J connectivity index is 2.95. The Morgan fingerprint density at radius 1 is 1.24 bits per heavy atom. The summed E-state index contributed by atoms with van der Waals surface area (Å²) in [6.07, 6.45) is -3.52. The molecule has 1 aromatic carbocycles. The third-order valence-corrected chi connectivity index (χ3v) is 3.51. The van der Waals surface area contributed by atoms with Crippen LogP contribution in [-0.4, -0.2) is 30.8 Å². The van der Waals surface area contributed by atoms with Crippen LogP contribution in [0.2, 0.25) is 0 Å². The third-order valence-electron chi connectivity index (χ3n) is 2.77. The van der Waals surface area contributed by atoms with Crippen molar-refractivity contribution >= 4 is 23.5 Å². The first-order chi connectivity index (χ1) is 9.79. The maximum absolute atomic E-state index is 12.6. The van der Waals surface area contributed by atoms with E-state index in [2.05, 4.69) is 4.74 Å². The summed E-state index contributed by atoms with van der Waals surface area (Å²) in [7, 11) is 0. The van der Waals surface area contributed by atoms with Crippen molar-refractivity contribution in [2.75, 3.05) is 12.9 Å². The molecule has 0 aromatic heterocycles. The van der Waals surface area contributed by atoms with Crippen molar-refractivity contribution in [1.29, 1.82) is 0 Å². The van der Waals surface area contributed by atoms with E-state index in [1.54, 1.807) is 24.3 Å². The minimum Gasteiger partial charge on any atom is -0.465 e. The number of ketones is 1. The molecule has 0 aliphatic carbocycles. The standard InChI is InChI=1S/C14H15F3O3S/c1-3-20-13(19)11(12(18)14(15,16)17)8-9-4-6-10(21-2)7-5-9/h4-7,11H,3,8H2,1-2H3/t11-/m1/s1. The lowest BCUT2D eigenvalue weighted by molar-refractivity contribution is -0.180. The number of carbonyl (C=O) groups is 2. The van der Waals surface area contributed by atoms with Crippen molar-refractivity contribution < 1.29 is 27.5 Å². The second-order valence-corrected chi connectivity index (χ2v) is 5.10. The van der Waals surface area contributed by atoms with E-state index in [0.29, 0.717) is 5.56 Å². The lowest BCUT2D eigenvalue weighted by atomic mass is 9.95. The smallest absolute Gasteiger partial charge is 0.450 e. The molecule has 0 saturated heterocycles. The highest BCUT2D eigenvalue weighted by Crippen LogP contribution is 2.25. The quantitative estimate of drug-likeness (QED) is 0.458. The average Bonchev–Trinajstić information content (AvgIpc) is 2.44. The van der Waals surface area contributed by atoms with Gasteiger partial charge in [0.05, 0.1) is 6.61 Å². The van der Waals surface area contributed by atoms with Gasteiger partial charge in [0, 0.05) is 4.90 Å². The second-order valence-electron chi connectivity index (χ2n) is 4.22. The topological polar surface area (TPSA) is 43.4 Å². The van der Waals surface area contributed by atoms with Crippen LogP contribution in [0, 0.1) is 5.92 Å². The fraction of sp³-hybridized carbons (Fsp3) is 0.429. The average molecular weight is 320 g/mol. The van der Waals surface area contributed by atoms with Gasteiger partial charge in [-0.15, -0.1) is 11.8 Å². The van der Waals surface area contributed by atoms with E-state index in [1.165, 1.54) is 18.7 Å². The zero-order chi connectivity index (χ0) is 16.0. The number of alkyl halides is 3. The molecule has 1 atom stereocenters. The lowest BCUT2D eigenvalue weighted by Crippen LogP contribution is -2.37. The summed E-state index contributed by atoms with van der Waals surface area (Å²) in [4.78, 5) is 23.9. The predicted octanol–water partition coefficient (Wildman–Crippen LogP) is 3.26. The summed E-state index contributed by atoms with van der Waals surface area (Å²) >= 11 is 1.48. The van der Waals surface area contributed by atoms with Crippen molar-refractivity contribution in [2.45, 2.75) is 24.4 Å². The number of rotatable bonds is 6. The van der Waals surface area contributed by atoms with Gasteiger partial charge in [0.1, 0.15) is 5.92 Å². The molecule has 0 N–H and O–H groups in total. The van der Waals surface area contributed by atoms with Crippen LogP contribution in [0.15, 0.2) is 29.2 Å². The van der Waals surface area contributed by atoms with Gasteiger partial charge >= 0.3 is 12.1 Å². The first-order valence-electron chi connectivity index (χ1n) is 6.20. The van der Waals surface area contributed by atoms with Crippen molar-refractivity contribution in [2.24, 2.45) is 5.92 Å². The highest BCUT2D eigenvalue weighted by atomic mass is 32.2. The van der Waals surface area contributed by atoms with Crippen LogP contribution in [0.25, 0.3) is 0 Å². The van der Waals surface area contributed by atoms with E-state index >= 15 is 0 Å². The van der Waals surface area contributed by atoms with E-state index in [0.717, 1.165) is 4.90 Å². The number of hydrogen-bond donors (Lipinski definition) is 0. The molecule has 21 heavy (non-hydrogen) atoms. The first-order valence-corrected chi connectivity index (χ1v) is 7.42. The summed E-state index contributed by atoms with van der Waals surface area (Å²) < 4.78 is 42.3. The highest BCUT2D eigenvalue weighted by molar-refractivity contribution is 7.98. The Morgan fingerprint density at radius 2 is 1.81 bits per heavy atom. The molecule has 0 heterocycles. The van der Waals surface area contributed by atoms with Crippen LogP contribution in [-0.2, 0) is 20.7 Å². The van der Waals surface area contributed by atoms with E-state index in [1.807, 2.05) is 6.26 Å². The van der Waals surface area contributed by atoms with Gasteiger partial charge in [-0.25, -0.2) is 0 Å². The Morgan fingerprint density at radius 3 is 2.24 bits per heavy atom. The molecule has 0 unspecified atom stereocenters. The number of esters is 1. The van der Waals surface area contributed by atoms with Crippen LogP contribution in [0.4, 0.5) is 13.2 Å². The Kier molecular flexibility index (Phi) is 6.26. The van der Waals surface area contributed by atoms with Gasteiger partial charge in [-0.1, -0.05) is 12.1 Å². The van der Waals surface area contributed by atoms with E-state index in [-0.39, 0.29) is 13.0 Å². The lowest BCUT2D eigenvalue weighted by Gasteiger charge is -2.16. The first kappa shape index (κ1) is 17.6. The van der Waals surface area contributed by atoms with E-state index in [9.17, 15) is 22.8 Å². The largest absolute Gasteiger partial charge is 0.465 e. The minimum atomic E-state index is -5.06. The van der Waals surface area contributed by atoms with Gasteiger partial charge in [0.15, 0.2) is 0 Å². The van der Waals surface area contributed by atoms with Crippen molar-refractivity contribution in [3.05, 3.63) is 29.8 Å². The second kappa shape index (κ2) is 7.49. The monoisotopic (exact) mass is 320 g/mol. The number of benzene rings is 1. The predicted molar refractivity (Wildman–Crippen MR) is 73.1 cm³/mol. The van der Waals surface area contributed by atoms with Gasteiger partial charge in [0.2, 0.25) is 0 Å². The highest BCUT2D eigenvalue weighted by Gasteiger charge is 2.46. The van der Waals surface area contributed by atoms with Crippen molar-refractivity contribution in [3.8, 4) is 0 Å². The fourth-order valence-electron chi connectivity index (χ4n) is 1.72. The zero-order valence-corrected chi connectivity index (χ0v) is 12.4. The van der Waals surface area contributed by atoms with E-state index < -0.39 is 23.8 Å². The van der Waals surface area contributed by atoms with Gasteiger partial charge < -0.3 is 4.74 Å². The van der Waals surface area contributed by atoms with E-state index in [4.69, 9.17) is 0 Å². The molecule has 0 fully saturated rings. The Labute approximate surface area is 124 Å². The molecule has 0 aliphatic rings. The van der Waals surface area contributed by atoms with Crippen LogP contribution >= 0.6 is 11.8 Å². The maximum Gasteiger partial charge on any atom is 0.450 e. The van der Waals surface area contributed by atoms with Crippen LogP contribution in [0.5, 0.6) is 0 Å². The number of Topliss-reactive ketones (excluding diaryl/α,β-unsaturated/α-hetero) is 1. The summed E-state index contributed by atoms with van der Waals surface area (Å²) in [5.74, 6) is -5.08. The van der Waals surface area contributed by atoms with Gasteiger partial charge in [-0.3, -0.25) is 9.59 Å². The molecule has 0 bridgehead atoms. The van der Waals surface area contributed by atoms with Crippen LogP contribution < -0.4 is 0 Å². The fourth-order valence-corrected chi connectivity index (χ4v) is 2.13. The normalized spacial score (nSPS) is 12.8. The maximum atomic E-state index is 12.6. The number of halogens is 3. The summed E-state index contributed by atoms with van der Waals surface area (Å²) in [5.41, 5.74) is 0.475. The van der Waals surface area contributed by atoms with Crippen LogP contribution in [0.3, 0.4) is 0 Å². The molecular weight excluding hydrogens is 305 g/mol. The minimum absolute atomic E-state index is 0.0775. The Bertz CT molecular complexity index is 497. The number of thioether (sulfide) groups is 1. The molecular formula is C14H15F3O3S. The summed E-state index contributed by atoms with van der Waals surface area (Å²) in [6, 6.07) is 6.64. The Hall–Kier alpha value is -1.50. The molecule has 0 radical (unpaired) electrons. The van der Waals surface area contributed by atoms with Crippen molar-refractivity contribution in [3.63, 3.8) is 0 Å². The molecule has 0 aliphatic heterocycles. The number of hydrogen-bond acceptors (Lipinski definition) is 4. The summed E-state index contributed by atoms with van der Waals surface area (Å²) in [6.45, 7) is 1.40. The number of ether oxygens (including phenoxy) is 1. The van der Waals surface area contributed by atoms with Crippen LogP contribution in [0.1, 0.15) is 12.5 Å². The molecule has 0 saturated carbocycles. The van der Waals surface area contributed by atoms with Gasteiger partial charge in [-0.2, -0.15) is 13.2 Å². The zero-order valence-electron chi connectivity index (χ0n) is 11.6.